The Kier molecular flexibility index (Phi) is 4.39. The molecule has 0 aromatic rings. The Morgan fingerprint density at radius 1 is 1.54 bits per heavy atom. The highest BCUT2D eigenvalue weighted by atomic mass is 32.2. The zero-order chi connectivity index (χ0) is 9.84. The molecular formula is C10H21NOS. The second kappa shape index (κ2) is 5.11. The molecule has 13 heavy (non-hydrogen) atoms. The smallest absolute Gasteiger partial charge is 0.0390 e. The van der Waals surface area contributed by atoms with E-state index in [1.807, 2.05) is 0 Å². The van der Waals surface area contributed by atoms with Crippen molar-refractivity contribution in [3.63, 3.8) is 0 Å². The van der Waals surface area contributed by atoms with E-state index in [4.69, 9.17) is 5.73 Å². The number of rotatable bonds is 4. The van der Waals surface area contributed by atoms with Gasteiger partial charge >= 0.3 is 0 Å². The molecule has 1 saturated carbocycles. The summed E-state index contributed by atoms with van der Waals surface area (Å²) < 4.78 is 12.0. The van der Waals surface area contributed by atoms with Crippen molar-refractivity contribution in [2.45, 2.75) is 50.0 Å². The van der Waals surface area contributed by atoms with Gasteiger partial charge in [0.25, 0.3) is 0 Å². The van der Waals surface area contributed by atoms with E-state index < -0.39 is 10.8 Å². The molecule has 1 aliphatic rings. The predicted octanol–water partition coefficient (Wildman–Crippen LogP) is 1.66. The summed E-state index contributed by atoms with van der Waals surface area (Å²) in [7, 11) is -0.650. The van der Waals surface area contributed by atoms with Gasteiger partial charge in [-0.15, -0.1) is 0 Å². The van der Waals surface area contributed by atoms with Gasteiger partial charge in [0.15, 0.2) is 0 Å². The highest BCUT2D eigenvalue weighted by Gasteiger charge is 2.32. The second-order valence-electron chi connectivity index (χ2n) is 4.01. The molecule has 1 fully saturated rings. The molecule has 4 unspecified atom stereocenters. The Balaban J connectivity index is 2.54. The third-order valence-electron chi connectivity index (χ3n) is 3.16. The summed E-state index contributed by atoms with van der Waals surface area (Å²) in [5.74, 6) is 0.523. The lowest BCUT2D eigenvalue weighted by molar-refractivity contribution is 0.553. The van der Waals surface area contributed by atoms with Crippen molar-refractivity contribution in [1.29, 1.82) is 0 Å². The molecular weight excluding hydrogens is 182 g/mol. The van der Waals surface area contributed by atoms with Crippen molar-refractivity contribution in [3.05, 3.63) is 0 Å². The molecule has 0 heterocycles. The quantitative estimate of drug-likeness (QED) is 0.755. The van der Waals surface area contributed by atoms with Crippen LogP contribution in [0.5, 0.6) is 0 Å². The van der Waals surface area contributed by atoms with E-state index in [0.717, 1.165) is 12.8 Å². The Morgan fingerprint density at radius 3 is 2.77 bits per heavy atom. The van der Waals surface area contributed by atoms with Crippen LogP contribution in [-0.2, 0) is 10.8 Å². The summed E-state index contributed by atoms with van der Waals surface area (Å²) in [6, 6.07) is 0. The predicted molar refractivity (Wildman–Crippen MR) is 58.1 cm³/mol. The molecule has 2 N–H and O–H groups in total. The normalized spacial score (nSPS) is 33.2. The Hall–Kier alpha value is 0.110. The zero-order valence-electron chi connectivity index (χ0n) is 8.66. The van der Waals surface area contributed by atoms with Crippen LogP contribution < -0.4 is 5.73 Å². The van der Waals surface area contributed by atoms with Gasteiger partial charge in [-0.25, -0.2) is 0 Å². The molecule has 0 bridgehead atoms. The van der Waals surface area contributed by atoms with Gasteiger partial charge in [-0.1, -0.05) is 20.3 Å². The largest absolute Gasteiger partial charge is 0.330 e. The van der Waals surface area contributed by atoms with Crippen molar-refractivity contribution in [2.75, 3.05) is 6.54 Å². The Labute approximate surface area is 83.7 Å². The maximum absolute atomic E-state index is 12.0. The first-order chi connectivity index (χ1) is 6.20. The third kappa shape index (κ3) is 2.53. The van der Waals surface area contributed by atoms with Crippen LogP contribution in [0.25, 0.3) is 0 Å². The van der Waals surface area contributed by atoms with Crippen LogP contribution >= 0.6 is 0 Å². The number of hydrogen-bond donors (Lipinski definition) is 1. The second-order valence-corrected chi connectivity index (χ2v) is 6.08. The minimum Gasteiger partial charge on any atom is -0.330 e. The summed E-state index contributed by atoms with van der Waals surface area (Å²) >= 11 is 0. The SMILES string of the molecule is CCC(C)S(=O)C1CCCC1CN. The van der Waals surface area contributed by atoms with E-state index in [0.29, 0.717) is 23.0 Å². The summed E-state index contributed by atoms with van der Waals surface area (Å²) in [4.78, 5) is 0. The zero-order valence-corrected chi connectivity index (χ0v) is 9.48. The van der Waals surface area contributed by atoms with Crippen molar-refractivity contribution in [2.24, 2.45) is 11.7 Å². The van der Waals surface area contributed by atoms with Crippen molar-refractivity contribution in [3.8, 4) is 0 Å². The Bertz CT molecular complexity index is 184. The molecule has 0 spiro atoms. The van der Waals surface area contributed by atoms with Gasteiger partial charge in [0.1, 0.15) is 0 Å². The first-order valence-corrected chi connectivity index (χ1v) is 6.57. The molecule has 1 aliphatic carbocycles. The van der Waals surface area contributed by atoms with Crippen LogP contribution in [0.4, 0.5) is 0 Å². The maximum atomic E-state index is 12.0. The van der Waals surface area contributed by atoms with Gasteiger partial charge in [-0.05, 0) is 31.7 Å². The summed E-state index contributed by atoms with van der Waals surface area (Å²) in [6.45, 7) is 4.91. The lowest BCUT2D eigenvalue weighted by Gasteiger charge is -2.20. The standard InChI is InChI=1S/C10H21NOS/c1-3-8(2)13(12)10-6-4-5-9(10)7-11/h8-10H,3-7,11H2,1-2H3. The van der Waals surface area contributed by atoms with Crippen LogP contribution in [0.3, 0.4) is 0 Å². The molecule has 0 aromatic carbocycles. The van der Waals surface area contributed by atoms with Crippen LogP contribution in [-0.4, -0.2) is 21.3 Å². The van der Waals surface area contributed by atoms with E-state index in [1.165, 1.54) is 12.8 Å². The number of hydrogen-bond acceptors (Lipinski definition) is 2. The van der Waals surface area contributed by atoms with Crippen molar-refractivity contribution >= 4 is 10.8 Å². The van der Waals surface area contributed by atoms with Crippen molar-refractivity contribution in [1.82, 2.24) is 0 Å². The topological polar surface area (TPSA) is 43.1 Å². The molecule has 0 aliphatic heterocycles. The van der Waals surface area contributed by atoms with Gasteiger partial charge in [0, 0.05) is 21.3 Å². The van der Waals surface area contributed by atoms with Crippen LogP contribution in [0, 0.1) is 5.92 Å². The van der Waals surface area contributed by atoms with Gasteiger partial charge in [-0.2, -0.15) is 0 Å². The average molecular weight is 203 g/mol. The third-order valence-corrected chi connectivity index (χ3v) is 5.51. The highest BCUT2D eigenvalue weighted by Crippen LogP contribution is 2.30. The minimum atomic E-state index is -0.650. The van der Waals surface area contributed by atoms with Crippen molar-refractivity contribution < 1.29 is 4.21 Å². The fourth-order valence-corrected chi connectivity index (χ4v) is 3.99. The van der Waals surface area contributed by atoms with Gasteiger partial charge in [-0.3, -0.25) is 4.21 Å². The van der Waals surface area contributed by atoms with Crippen LogP contribution in [0.1, 0.15) is 39.5 Å². The molecule has 2 nitrogen and oxygen atoms in total. The first-order valence-electron chi connectivity index (χ1n) is 5.30. The lowest BCUT2D eigenvalue weighted by Crippen LogP contribution is -2.31. The number of nitrogens with two attached hydrogens (primary N) is 1. The Morgan fingerprint density at radius 2 is 2.23 bits per heavy atom. The fourth-order valence-electron chi connectivity index (χ4n) is 2.04. The molecule has 78 valence electrons. The van der Waals surface area contributed by atoms with Crippen LogP contribution in [0.15, 0.2) is 0 Å². The summed E-state index contributed by atoms with van der Waals surface area (Å²) in [5, 5.41) is 0.733. The van der Waals surface area contributed by atoms with Gasteiger partial charge in [0.2, 0.25) is 0 Å². The summed E-state index contributed by atoms with van der Waals surface area (Å²) in [5.41, 5.74) is 5.67. The maximum Gasteiger partial charge on any atom is 0.0390 e. The van der Waals surface area contributed by atoms with E-state index in [1.54, 1.807) is 0 Å². The minimum absolute atomic E-state index is 0.345. The molecule has 1 rings (SSSR count). The summed E-state index contributed by atoms with van der Waals surface area (Å²) in [6.07, 6.45) is 4.54. The molecule has 0 aromatic heterocycles. The molecule has 0 saturated heterocycles. The van der Waals surface area contributed by atoms with E-state index in [-0.39, 0.29) is 0 Å². The molecule has 4 atom stereocenters. The lowest BCUT2D eigenvalue weighted by atomic mass is 10.1. The van der Waals surface area contributed by atoms with E-state index in [2.05, 4.69) is 13.8 Å². The molecule has 0 radical (unpaired) electrons. The fraction of sp³-hybridized carbons (Fsp3) is 1.00. The average Bonchev–Trinajstić information content (AvgIpc) is 2.62. The van der Waals surface area contributed by atoms with Gasteiger partial charge in [0.05, 0.1) is 0 Å². The molecule has 3 heteroatoms. The highest BCUT2D eigenvalue weighted by molar-refractivity contribution is 7.86. The van der Waals surface area contributed by atoms with E-state index in [9.17, 15) is 4.21 Å². The van der Waals surface area contributed by atoms with E-state index >= 15 is 0 Å². The molecule has 0 amide bonds. The first kappa shape index (κ1) is 11.2. The monoisotopic (exact) mass is 203 g/mol. The van der Waals surface area contributed by atoms with Crippen LogP contribution in [0.2, 0.25) is 0 Å². The van der Waals surface area contributed by atoms with Gasteiger partial charge < -0.3 is 5.73 Å².